The second-order valence-electron chi connectivity index (χ2n) is 8.54. The van der Waals surface area contributed by atoms with Gasteiger partial charge >= 0.3 is 5.97 Å². The molecule has 4 N–H and O–H groups in total. The molecule has 0 saturated carbocycles. The van der Waals surface area contributed by atoms with Gasteiger partial charge < -0.3 is 15.4 Å². The zero-order valence-corrected chi connectivity index (χ0v) is 19.8. The number of carbonyl (C=O) groups is 3. The molecule has 1 amide bonds. The van der Waals surface area contributed by atoms with Gasteiger partial charge in [0.05, 0.1) is 5.52 Å². The molecule has 0 spiro atoms. The maximum Gasteiger partial charge on any atom is 0.323 e. The molecule has 1 heterocycles. The first kappa shape index (κ1) is 24.4. The quantitative estimate of drug-likeness (QED) is 0.189. The number of hydrogen-bond donors (Lipinski definition) is 3. The largest absolute Gasteiger partial charge is 0.480 e. The van der Waals surface area contributed by atoms with Crippen LogP contribution >= 0.6 is 0 Å². The van der Waals surface area contributed by atoms with Crippen LogP contribution < -0.4 is 10.6 Å². The van der Waals surface area contributed by atoms with Crippen LogP contribution in [-0.2, 0) is 18.3 Å². The number of nitrogen functional groups attached to an aromatic ring is 1. The number of nitrogens with zero attached hydrogens (tertiary/aromatic N) is 2. The number of aliphatic carboxylic acids is 1. The highest BCUT2D eigenvalue weighted by atomic mass is 16.4. The molecular weight excluding hydrogens is 456 g/mol. The van der Waals surface area contributed by atoms with E-state index in [9.17, 15) is 19.5 Å². The number of benzene rings is 3. The molecule has 0 fully saturated rings. The van der Waals surface area contributed by atoms with Gasteiger partial charge in [-0.15, -0.1) is 0 Å². The first-order valence-electron chi connectivity index (χ1n) is 11.4. The second-order valence-corrected chi connectivity index (χ2v) is 8.54. The molecule has 0 unspecified atom stereocenters. The molecule has 0 bridgehead atoms. The molecule has 8 heteroatoms. The number of Topliss-reactive ketones (excluding diaryl/α,β-unsaturated/α-hetero) is 1. The summed E-state index contributed by atoms with van der Waals surface area (Å²) >= 11 is 0. The molecule has 0 atom stereocenters. The fourth-order valence-electron chi connectivity index (χ4n) is 4.16. The Labute approximate surface area is 208 Å². The highest BCUT2D eigenvalue weighted by Crippen LogP contribution is 2.28. The van der Waals surface area contributed by atoms with Gasteiger partial charge in [-0.25, -0.2) is 0 Å². The number of ketones is 1. The Morgan fingerprint density at radius 3 is 2.31 bits per heavy atom. The molecule has 4 aromatic rings. The summed E-state index contributed by atoms with van der Waals surface area (Å²) in [5.41, 5.74) is 9.21. The predicted molar refractivity (Wildman–Crippen MR) is 139 cm³/mol. The van der Waals surface area contributed by atoms with Crippen molar-refractivity contribution >= 4 is 40.1 Å². The Hall–Kier alpha value is -4.72. The van der Waals surface area contributed by atoms with E-state index in [4.69, 9.17) is 11.1 Å². The summed E-state index contributed by atoms with van der Waals surface area (Å²) in [6.45, 7) is -0.488. The van der Waals surface area contributed by atoms with Crippen LogP contribution in [0.15, 0.2) is 79.0 Å². The molecule has 1 aromatic heterocycles. The summed E-state index contributed by atoms with van der Waals surface area (Å²) in [6.07, 6.45) is 2.61. The van der Waals surface area contributed by atoms with Crippen molar-refractivity contribution in [3.05, 3.63) is 101 Å². The molecule has 36 heavy (non-hydrogen) atoms. The molecule has 0 aliphatic heterocycles. The van der Waals surface area contributed by atoms with Crippen LogP contribution in [-0.4, -0.2) is 39.7 Å². The SMILES string of the molecule is Cn1cc(C(=O)CCc2ccc(C(=N)N)cc2)c2ccc(N(CC(=O)O)C(=O)c3ccccc3)cc21. The molecule has 0 aliphatic rings. The number of carboxylic acid groups (broad SMARTS) is 1. The number of aryl methyl sites for hydroxylation is 2. The Balaban J connectivity index is 1.59. The Morgan fingerprint density at radius 1 is 0.972 bits per heavy atom. The van der Waals surface area contributed by atoms with Crippen molar-refractivity contribution in [2.75, 3.05) is 11.4 Å². The number of rotatable bonds is 9. The number of carbonyl (C=O) groups excluding carboxylic acids is 2. The van der Waals surface area contributed by atoms with Crippen molar-refractivity contribution < 1.29 is 19.5 Å². The topological polar surface area (TPSA) is 129 Å². The van der Waals surface area contributed by atoms with Crippen molar-refractivity contribution in [1.29, 1.82) is 5.41 Å². The summed E-state index contributed by atoms with van der Waals surface area (Å²) in [5.74, 6) is -1.57. The van der Waals surface area contributed by atoms with E-state index in [1.807, 2.05) is 19.2 Å². The third kappa shape index (κ3) is 5.17. The zero-order valence-electron chi connectivity index (χ0n) is 19.8. The molecule has 0 saturated heterocycles. The van der Waals surface area contributed by atoms with Crippen LogP contribution in [0.4, 0.5) is 5.69 Å². The molecule has 182 valence electrons. The third-order valence-corrected chi connectivity index (χ3v) is 6.05. The smallest absolute Gasteiger partial charge is 0.323 e. The highest BCUT2D eigenvalue weighted by Gasteiger charge is 2.22. The normalized spacial score (nSPS) is 10.8. The van der Waals surface area contributed by atoms with E-state index in [1.54, 1.807) is 71.4 Å². The van der Waals surface area contributed by atoms with Crippen LogP contribution in [0.3, 0.4) is 0 Å². The van der Waals surface area contributed by atoms with Gasteiger partial charge in [0.2, 0.25) is 0 Å². The maximum atomic E-state index is 13.1. The van der Waals surface area contributed by atoms with Gasteiger partial charge in [-0.05, 0) is 36.2 Å². The monoisotopic (exact) mass is 482 g/mol. The van der Waals surface area contributed by atoms with Gasteiger partial charge in [0.1, 0.15) is 12.4 Å². The predicted octanol–water partition coefficient (Wildman–Crippen LogP) is 4.01. The third-order valence-electron chi connectivity index (χ3n) is 6.05. The van der Waals surface area contributed by atoms with Gasteiger partial charge in [-0.3, -0.25) is 24.7 Å². The lowest BCUT2D eigenvalue weighted by molar-refractivity contribution is -0.135. The molecular formula is C28H26N4O4. The van der Waals surface area contributed by atoms with Crippen LogP contribution in [0, 0.1) is 5.41 Å². The van der Waals surface area contributed by atoms with E-state index >= 15 is 0 Å². The number of aromatic nitrogens is 1. The van der Waals surface area contributed by atoms with E-state index in [-0.39, 0.29) is 11.6 Å². The summed E-state index contributed by atoms with van der Waals surface area (Å²) in [5, 5.41) is 17.6. The van der Waals surface area contributed by atoms with Crippen molar-refractivity contribution in [2.45, 2.75) is 12.8 Å². The first-order valence-corrected chi connectivity index (χ1v) is 11.4. The maximum absolute atomic E-state index is 13.1. The highest BCUT2D eigenvalue weighted by molar-refractivity contribution is 6.11. The lowest BCUT2D eigenvalue weighted by atomic mass is 10.0. The van der Waals surface area contributed by atoms with E-state index in [2.05, 4.69) is 0 Å². The molecule has 3 aromatic carbocycles. The standard InChI is InChI=1S/C28H26N4O4/c1-31-16-23(25(33)14-9-18-7-10-19(11-8-18)27(29)30)22-13-12-21(15-24(22)31)32(17-26(34)35)28(36)20-5-3-2-4-6-20/h2-8,10-13,15-16H,9,14,17H2,1H3,(H3,29,30)(H,34,35). The summed E-state index contributed by atoms with van der Waals surface area (Å²) in [7, 11) is 1.81. The van der Waals surface area contributed by atoms with Crippen molar-refractivity contribution in [3.63, 3.8) is 0 Å². The number of amidine groups is 1. The van der Waals surface area contributed by atoms with Crippen LogP contribution in [0.5, 0.6) is 0 Å². The number of fused-ring (bicyclic) bond motifs is 1. The van der Waals surface area contributed by atoms with Crippen molar-refractivity contribution in [1.82, 2.24) is 4.57 Å². The lowest BCUT2D eigenvalue weighted by Gasteiger charge is -2.21. The fourth-order valence-corrected chi connectivity index (χ4v) is 4.16. The molecule has 4 rings (SSSR count). The summed E-state index contributed by atoms with van der Waals surface area (Å²) in [6, 6.07) is 20.9. The van der Waals surface area contributed by atoms with Crippen molar-refractivity contribution in [2.24, 2.45) is 12.8 Å². The number of nitrogens with two attached hydrogens (primary N) is 1. The summed E-state index contributed by atoms with van der Waals surface area (Å²) < 4.78 is 1.81. The average molecular weight is 483 g/mol. The Bertz CT molecular complexity index is 1460. The average Bonchev–Trinajstić information content (AvgIpc) is 3.22. The van der Waals surface area contributed by atoms with Gasteiger partial charge in [0.25, 0.3) is 5.91 Å². The molecule has 8 nitrogen and oxygen atoms in total. The van der Waals surface area contributed by atoms with Crippen LogP contribution in [0.25, 0.3) is 10.9 Å². The second kappa shape index (κ2) is 10.3. The van der Waals surface area contributed by atoms with E-state index in [0.717, 1.165) is 16.5 Å². The number of carboxylic acids is 1. The number of amides is 1. The molecule has 0 radical (unpaired) electrons. The van der Waals surface area contributed by atoms with Crippen molar-refractivity contribution in [3.8, 4) is 0 Å². The minimum Gasteiger partial charge on any atom is -0.480 e. The number of anilines is 1. The fraction of sp³-hybridized carbons (Fsp3) is 0.143. The Kier molecular flexibility index (Phi) is 6.96. The Morgan fingerprint density at radius 2 is 1.67 bits per heavy atom. The van der Waals surface area contributed by atoms with Gasteiger partial charge in [0, 0.05) is 47.4 Å². The zero-order chi connectivity index (χ0) is 25.8. The van der Waals surface area contributed by atoms with Gasteiger partial charge in [-0.2, -0.15) is 0 Å². The van der Waals surface area contributed by atoms with E-state index < -0.39 is 18.4 Å². The van der Waals surface area contributed by atoms with Gasteiger partial charge in [0.15, 0.2) is 5.78 Å². The lowest BCUT2D eigenvalue weighted by Crippen LogP contribution is -2.35. The minimum atomic E-state index is -1.13. The number of hydrogen-bond acceptors (Lipinski definition) is 4. The first-order chi connectivity index (χ1) is 17.2. The van der Waals surface area contributed by atoms with Crippen LogP contribution in [0.2, 0.25) is 0 Å². The van der Waals surface area contributed by atoms with E-state index in [1.165, 1.54) is 4.90 Å². The van der Waals surface area contributed by atoms with E-state index in [0.29, 0.717) is 35.2 Å². The van der Waals surface area contributed by atoms with Crippen LogP contribution in [0.1, 0.15) is 38.3 Å². The number of nitrogens with one attached hydrogen (secondary N) is 1. The van der Waals surface area contributed by atoms with Gasteiger partial charge in [-0.1, -0.05) is 48.5 Å². The summed E-state index contributed by atoms with van der Waals surface area (Å²) in [4.78, 5) is 38.9. The molecule has 0 aliphatic carbocycles. The minimum absolute atomic E-state index is 0.000129.